The van der Waals surface area contributed by atoms with Crippen LogP contribution in [0.1, 0.15) is 0 Å². The van der Waals surface area contributed by atoms with Gasteiger partial charge in [0.2, 0.25) is 0 Å². The number of nitrogens with zero attached hydrogens (tertiary/aromatic N) is 4. The number of rotatable bonds is 2. The van der Waals surface area contributed by atoms with E-state index >= 15 is 0 Å². The van der Waals surface area contributed by atoms with E-state index in [1.165, 1.54) is 0 Å². The quantitative estimate of drug-likeness (QED) is 0.133. The molecule has 0 fully saturated rings. The maximum Gasteiger partial charge on any atom is 0.762 e. The Bertz CT molecular complexity index is 151. The van der Waals surface area contributed by atoms with Gasteiger partial charge in [-0.25, -0.2) is 11.1 Å². The SMILES string of the molecule is FB(F)F.N=NC=NN.N=NC=NN. The summed E-state index contributed by atoms with van der Waals surface area (Å²) in [6.07, 6.45) is 1.89. The molecular weight excluding hydrogens is 204 g/mol. The lowest BCUT2D eigenvalue weighted by Crippen LogP contribution is -1.76. The van der Waals surface area contributed by atoms with E-state index in [0.717, 1.165) is 12.7 Å². The van der Waals surface area contributed by atoms with Crippen molar-refractivity contribution in [3.63, 3.8) is 0 Å². The van der Waals surface area contributed by atoms with Crippen LogP contribution in [0.15, 0.2) is 20.4 Å². The molecule has 8 nitrogen and oxygen atoms in total. The molecule has 0 spiro atoms. The topological polar surface area (TPSA) is 149 Å². The van der Waals surface area contributed by atoms with E-state index in [0.29, 0.717) is 0 Å². The fourth-order valence-electron chi connectivity index (χ4n) is 0.0667. The predicted molar refractivity (Wildman–Crippen MR) is 44.7 cm³/mol. The Balaban J connectivity index is -0.000000131. The van der Waals surface area contributed by atoms with Crippen LogP contribution in [0.4, 0.5) is 12.9 Å². The van der Waals surface area contributed by atoms with Gasteiger partial charge in [-0.2, -0.15) is 10.2 Å². The van der Waals surface area contributed by atoms with E-state index in [9.17, 15) is 12.9 Å². The second kappa shape index (κ2) is 22.4. The zero-order chi connectivity index (χ0) is 11.8. The molecule has 0 aromatic heterocycles. The highest BCUT2D eigenvalue weighted by atomic mass is 19.4. The molecule has 0 aromatic rings. The number of hydrogen-bond acceptors (Lipinski definition) is 6. The van der Waals surface area contributed by atoms with Crippen molar-refractivity contribution < 1.29 is 12.9 Å². The minimum Gasteiger partial charge on any atom is -0.322 e. The Hall–Kier alpha value is -2.01. The number of nitrogens with two attached hydrogens (primary N) is 2. The monoisotopic (exact) mass is 212 g/mol. The molecule has 0 bridgehead atoms. The highest BCUT2D eigenvalue weighted by molar-refractivity contribution is 6.33. The second-order valence-electron chi connectivity index (χ2n) is 1.03. The van der Waals surface area contributed by atoms with E-state index in [4.69, 9.17) is 11.1 Å². The Labute approximate surface area is 77.5 Å². The van der Waals surface area contributed by atoms with Crippen molar-refractivity contribution in [2.24, 2.45) is 32.1 Å². The Morgan fingerprint density at radius 2 is 1.14 bits per heavy atom. The lowest BCUT2D eigenvalue weighted by atomic mass is 10.5. The van der Waals surface area contributed by atoms with Gasteiger partial charge in [-0.1, -0.05) is 0 Å². The molecule has 0 heterocycles. The molecule has 12 heteroatoms. The van der Waals surface area contributed by atoms with E-state index in [1.54, 1.807) is 0 Å². The van der Waals surface area contributed by atoms with Crippen molar-refractivity contribution in [1.29, 1.82) is 11.1 Å². The summed E-state index contributed by atoms with van der Waals surface area (Å²) in [5, 5.41) is 11.1. The summed E-state index contributed by atoms with van der Waals surface area (Å²) in [5.74, 6) is 8.99. The first-order chi connectivity index (χ1) is 6.56. The average Bonchev–Trinajstić information content (AvgIpc) is 2.07. The maximum atomic E-state index is 9.67. The summed E-state index contributed by atoms with van der Waals surface area (Å²) in [7, 11) is -3.67. The first kappa shape index (κ1) is 17.9. The normalized spacial score (nSPS) is 8.21. The van der Waals surface area contributed by atoms with Crippen molar-refractivity contribution in [3.8, 4) is 0 Å². The van der Waals surface area contributed by atoms with E-state index in [-0.39, 0.29) is 0 Å². The van der Waals surface area contributed by atoms with Gasteiger partial charge in [0.15, 0.2) is 12.7 Å². The highest BCUT2D eigenvalue weighted by Crippen LogP contribution is 1.80. The summed E-state index contributed by atoms with van der Waals surface area (Å²) in [5.41, 5.74) is 12.0. The van der Waals surface area contributed by atoms with Crippen LogP contribution in [-0.2, 0) is 0 Å². The predicted octanol–water partition coefficient (Wildman–Crippen LogP) is 0.719. The molecule has 14 heavy (non-hydrogen) atoms. The van der Waals surface area contributed by atoms with Gasteiger partial charge in [0.05, 0.1) is 0 Å². The van der Waals surface area contributed by atoms with Gasteiger partial charge in [0, 0.05) is 0 Å². The minimum atomic E-state index is -3.67. The van der Waals surface area contributed by atoms with Crippen molar-refractivity contribution in [2.75, 3.05) is 0 Å². The van der Waals surface area contributed by atoms with Crippen LogP contribution in [0.2, 0.25) is 0 Å². The van der Waals surface area contributed by atoms with Gasteiger partial charge < -0.3 is 11.7 Å². The van der Waals surface area contributed by atoms with Gasteiger partial charge >= 0.3 is 7.54 Å². The molecule has 0 aromatic carbocycles. The summed E-state index contributed by atoms with van der Waals surface area (Å²) in [6.45, 7) is 0. The molecular formula is C2H8BF3N8. The van der Waals surface area contributed by atoms with Crippen molar-refractivity contribution in [1.82, 2.24) is 0 Å². The third kappa shape index (κ3) is 203. The molecule has 0 saturated heterocycles. The summed E-state index contributed by atoms with van der Waals surface area (Å²) in [6, 6.07) is 0. The number of halogens is 3. The third-order valence-electron chi connectivity index (χ3n) is 0.249. The van der Waals surface area contributed by atoms with E-state index in [1.807, 2.05) is 0 Å². The van der Waals surface area contributed by atoms with Crippen LogP contribution in [0.25, 0.3) is 0 Å². The van der Waals surface area contributed by atoms with Crippen molar-refractivity contribution >= 4 is 20.2 Å². The smallest absolute Gasteiger partial charge is 0.322 e. The molecule has 0 rings (SSSR count). The number of hydrogen-bond donors (Lipinski definition) is 4. The maximum absolute atomic E-state index is 9.67. The molecule has 0 amide bonds. The van der Waals surface area contributed by atoms with Crippen molar-refractivity contribution in [2.45, 2.75) is 0 Å². The molecule has 0 aliphatic heterocycles. The van der Waals surface area contributed by atoms with Gasteiger partial charge in [-0.05, 0) is 0 Å². The standard InChI is InChI=1S/2CH4N4.BF3/c2*2-4-1-5-3;2-1(3)4/h2*1-2H,3H2;. The minimum absolute atomic E-state index is 0.944. The molecule has 0 aliphatic carbocycles. The molecule has 0 atom stereocenters. The average molecular weight is 212 g/mol. The zero-order valence-electron chi connectivity index (χ0n) is 6.81. The van der Waals surface area contributed by atoms with Gasteiger partial charge in [0.25, 0.3) is 0 Å². The summed E-state index contributed by atoms with van der Waals surface area (Å²) < 4.78 is 29.0. The van der Waals surface area contributed by atoms with Gasteiger partial charge in [0.1, 0.15) is 0 Å². The fourth-order valence-corrected chi connectivity index (χ4v) is 0.0667. The first-order valence-electron chi connectivity index (χ1n) is 2.65. The molecule has 0 unspecified atom stereocenters. The largest absolute Gasteiger partial charge is 0.762 e. The van der Waals surface area contributed by atoms with Gasteiger partial charge in [-0.3, -0.25) is 12.9 Å². The molecule has 80 valence electrons. The van der Waals surface area contributed by atoms with Crippen LogP contribution >= 0.6 is 0 Å². The van der Waals surface area contributed by atoms with Crippen LogP contribution in [0, 0.1) is 11.1 Å². The summed E-state index contributed by atoms with van der Waals surface area (Å²) in [4.78, 5) is 0. The number of hydrazone groups is 2. The summed E-state index contributed by atoms with van der Waals surface area (Å²) >= 11 is 0. The highest BCUT2D eigenvalue weighted by Gasteiger charge is 2.06. The third-order valence-corrected chi connectivity index (χ3v) is 0.249. The lowest BCUT2D eigenvalue weighted by Gasteiger charge is -1.58. The van der Waals surface area contributed by atoms with Crippen LogP contribution < -0.4 is 11.7 Å². The van der Waals surface area contributed by atoms with Crippen LogP contribution in [0.3, 0.4) is 0 Å². The van der Waals surface area contributed by atoms with Crippen molar-refractivity contribution in [3.05, 3.63) is 0 Å². The van der Waals surface area contributed by atoms with E-state index in [2.05, 4.69) is 32.1 Å². The molecule has 0 radical (unpaired) electrons. The lowest BCUT2D eigenvalue weighted by molar-refractivity contribution is 0.535. The second-order valence-corrected chi connectivity index (χ2v) is 1.03. The number of nitrogens with one attached hydrogen (secondary N) is 2. The molecule has 0 saturated carbocycles. The Morgan fingerprint density at radius 3 is 1.14 bits per heavy atom. The Kier molecular flexibility index (Phi) is 28.7. The fraction of sp³-hybridized carbons (Fsp3) is 0. The van der Waals surface area contributed by atoms with E-state index < -0.39 is 7.54 Å². The zero-order valence-corrected chi connectivity index (χ0v) is 6.81. The molecule has 6 N–H and O–H groups in total. The van der Waals surface area contributed by atoms with Crippen LogP contribution in [-0.4, -0.2) is 20.2 Å². The Morgan fingerprint density at radius 1 is 0.929 bits per heavy atom. The van der Waals surface area contributed by atoms with Gasteiger partial charge in [-0.15, -0.1) is 10.2 Å². The molecule has 0 aliphatic rings. The first-order valence-corrected chi connectivity index (χ1v) is 2.65. The van der Waals surface area contributed by atoms with Crippen LogP contribution in [0.5, 0.6) is 0 Å².